The van der Waals surface area contributed by atoms with E-state index < -0.39 is 27.7 Å². The van der Waals surface area contributed by atoms with Crippen molar-refractivity contribution in [3.8, 4) is 0 Å². The Morgan fingerprint density at radius 3 is 2.06 bits per heavy atom. The van der Waals surface area contributed by atoms with Gasteiger partial charge in [-0.15, -0.1) is 9.35 Å². The van der Waals surface area contributed by atoms with Gasteiger partial charge in [-0.3, -0.25) is 9.59 Å². The normalized spacial score (nSPS) is 15.1. The van der Waals surface area contributed by atoms with Crippen LogP contribution in [0.15, 0.2) is 24.3 Å². The Labute approximate surface area is 103 Å². The number of fused-ring (bicyclic) bond motifs is 1. The van der Waals surface area contributed by atoms with Gasteiger partial charge in [0.2, 0.25) is 0 Å². The predicted octanol–water partition coefficient (Wildman–Crippen LogP) is -0.497. The minimum atomic E-state index is -4.04. The maximum atomic E-state index is 11.8. The fourth-order valence-electron chi connectivity index (χ4n) is 1.53. The highest BCUT2D eigenvalue weighted by molar-refractivity contribution is 7.86. The molecule has 0 saturated heterocycles. The number of imide groups is 1. The summed E-state index contributed by atoms with van der Waals surface area (Å²) in [6.45, 7) is -0.161. The zero-order chi connectivity index (χ0) is 13.3. The topological polar surface area (TPSA) is 107 Å². The van der Waals surface area contributed by atoms with Crippen LogP contribution in [0.5, 0.6) is 0 Å². The number of nitrogens with zero attached hydrogens (tertiary/aromatic N) is 1. The number of hydroxylamine groups is 2. The number of carbonyl (C=O) groups is 2. The van der Waals surface area contributed by atoms with Gasteiger partial charge in [-0.2, -0.15) is 8.42 Å². The quantitative estimate of drug-likeness (QED) is 0.739. The number of hydrogen-bond donors (Lipinski definition) is 1. The highest BCUT2D eigenvalue weighted by Crippen LogP contribution is 2.23. The lowest BCUT2D eigenvalue weighted by Crippen LogP contribution is -2.34. The lowest BCUT2D eigenvalue weighted by Gasteiger charge is -2.12. The van der Waals surface area contributed by atoms with E-state index >= 15 is 0 Å². The van der Waals surface area contributed by atoms with Crippen LogP contribution in [0.1, 0.15) is 20.7 Å². The fourth-order valence-corrected chi connectivity index (χ4v) is 2.26. The summed E-state index contributed by atoms with van der Waals surface area (Å²) in [6.07, 6.45) is 0. The smallest absolute Gasteiger partial charge is 0.289 e. The van der Waals surface area contributed by atoms with Crippen LogP contribution in [0, 0.1) is 0 Å². The third-order valence-electron chi connectivity index (χ3n) is 2.31. The van der Waals surface area contributed by atoms with Crippen molar-refractivity contribution in [1.29, 1.82) is 0 Å². The first-order valence-electron chi connectivity index (χ1n) is 5.06. The van der Waals surface area contributed by atoms with E-state index in [9.17, 15) is 18.0 Å². The number of benzene rings is 1. The average Bonchev–Trinajstić information content (AvgIpc) is 2.55. The molecular formula is C10H10N2O5S. The van der Waals surface area contributed by atoms with Gasteiger partial charge < -0.3 is 5.73 Å². The highest BCUT2D eigenvalue weighted by atomic mass is 32.2. The van der Waals surface area contributed by atoms with Gasteiger partial charge in [0.15, 0.2) is 0 Å². The van der Waals surface area contributed by atoms with Crippen molar-refractivity contribution in [1.82, 2.24) is 5.06 Å². The summed E-state index contributed by atoms with van der Waals surface area (Å²) in [5.41, 5.74) is 5.33. The van der Waals surface area contributed by atoms with Gasteiger partial charge >= 0.3 is 0 Å². The Morgan fingerprint density at radius 2 is 1.61 bits per heavy atom. The van der Waals surface area contributed by atoms with Crippen LogP contribution in [0.25, 0.3) is 0 Å². The monoisotopic (exact) mass is 270 g/mol. The summed E-state index contributed by atoms with van der Waals surface area (Å²) in [5.74, 6) is -2.06. The second kappa shape index (κ2) is 4.48. The molecule has 0 atom stereocenters. The molecule has 7 nitrogen and oxygen atoms in total. The molecule has 96 valence electrons. The number of rotatable bonds is 4. The molecule has 1 heterocycles. The molecule has 0 fully saturated rings. The molecule has 8 heteroatoms. The van der Waals surface area contributed by atoms with Crippen molar-refractivity contribution in [2.75, 3.05) is 12.3 Å². The van der Waals surface area contributed by atoms with E-state index in [1.807, 2.05) is 0 Å². The van der Waals surface area contributed by atoms with Crippen molar-refractivity contribution in [3.05, 3.63) is 35.4 Å². The molecule has 18 heavy (non-hydrogen) atoms. The van der Waals surface area contributed by atoms with E-state index in [0.717, 1.165) is 0 Å². The van der Waals surface area contributed by atoms with E-state index in [0.29, 0.717) is 0 Å². The fraction of sp³-hybridized carbons (Fsp3) is 0.200. The maximum Gasteiger partial charge on any atom is 0.289 e. The van der Waals surface area contributed by atoms with Gasteiger partial charge in [0, 0.05) is 6.54 Å². The first kappa shape index (κ1) is 12.7. The molecule has 0 spiro atoms. The van der Waals surface area contributed by atoms with Crippen LogP contribution in [0.3, 0.4) is 0 Å². The summed E-state index contributed by atoms with van der Waals surface area (Å²) < 4.78 is 27.2. The average molecular weight is 270 g/mol. The molecule has 2 N–H and O–H groups in total. The van der Waals surface area contributed by atoms with Gasteiger partial charge in [-0.25, -0.2) is 0 Å². The molecule has 2 rings (SSSR count). The zero-order valence-corrected chi connectivity index (χ0v) is 10.0. The van der Waals surface area contributed by atoms with Crippen molar-refractivity contribution >= 4 is 21.9 Å². The van der Waals surface area contributed by atoms with Crippen molar-refractivity contribution in [2.45, 2.75) is 0 Å². The van der Waals surface area contributed by atoms with Crippen LogP contribution in [-0.4, -0.2) is 37.6 Å². The molecule has 1 aliphatic heterocycles. The second-order valence-corrected chi connectivity index (χ2v) is 5.25. The minimum absolute atomic E-state index is 0.116. The Bertz CT molecular complexity index is 575. The molecule has 0 saturated carbocycles. The van der Waals surface area contributed by atoms with Gasteiger partial charge in [0.1, 0.15) is 0 Å². The van der Waals surface area contributed by atoms with Crippen molar-refractivity contribution in [3.63, 3.8) is 0 Å². The summed E-state index contributed by atoms with van der Waals surface area (Å²) in [7, 11) is -4.04. The summed E-state index contributed by atoms with van der Waals surface area (Å²) >= 11 is 0. The summed E-state index contributed by atoms with van der Waals surface area (Å²) in [5, 5.41) is 0.246. The van der Waals surface area contributed by atoms with Gasteiger partial charge in [0.05, 0.1) is 16.9 Å². The lowest BCUT2D eigenvalue weighted by molar-refractivity contribution is -0.0103. The molecule has 2 amide bonds. The molecule has 1 aliphatic rings. The van der Waals surface area contributed by atoms with Gasteiger partial charge in [0.25, 0.3) is 21.9 Å². The first-order chi connectivity index (χ1) is 8.46. The molecule has 1 aromatic carbocycles. The van der Waals surface area contributed by atoms with Crippen LogP contribution in [0.2, 0.25) is 0 Å². The van der Waals surface area contributed by atoms with Crippen LogP contribution in [-0.2, 0) is 14.4 Å². The SMILES string of the molecule is NCCS(=O)(=O)ON1C(=O)c2ccccc2C1=O. The number of amides is 2. The Morgan fingerprint density at radius 1 is 1.11 bits per heavy atom. The Hall–Kier alpha value is -1.77. The van der Waals surface area contributed by atoms with E-state index in [1.165, 1.54) is 12.1 Å². The largest absolute Gasteiger partial charge is 0.329 e. The maximum absolute atomic E-state index is 11.8. The molecular weight excluding hydrogens is 260 g/mol. The second-order valence-electron chi connectivity index (χ2n) is 3.58. The Balaban J connectivity index is 2.30. The van der Waals surface area contributed by atoms with E-state index in [-0.39, 0.29) is 22.7 Å². The van der Waals surface area contributed by atoms with Gasteiger partial charge in [-0.05, 0) is 12.1 Å². The van der Waals surface area contributed by atoms with Crippen molar-refractivity contribution < 1.29 is 22.3 Å². The van der Waals surface area contributed by atoms with Gasteiger partial charge in [-0.1, -0.05) is 12.1 Å². The highest BCUT2D eigenvalue weighted by Gasteiger charge is 2.39. The third-order valence-corrected chi connectivity index (χ3v) is 3.42. The molecule has 0 aromatic heterocycles. The number of hydrogen-bond acceptors (Lipinski definition) is 6. The lowest BCUT2D eigenvalue weighted by atomic mass is 10.1. The first-order valence-corrected chi connectivity index (χ1v) is 6.64. The molecule has 0 unspecified atom stereocenters. The van der Waals surface area contributed by atoms with E-state index in [1.54, 1.807) is 12.1 Å². The zero-order valence-electron chi connectivity index (χ0n) is 9.20. The number of nitrogens with two attached hydrogens (primary N) is 1. The third kappa shape index (κ3) is 2.13. The Kier molecular flexibility index (Phi) is 3.16. The molecule has 0 radical (unpaired) electrons. The van der Waals surface area contributed by atoms with Crippen LogP contribution in [0.4, 0.5) is 0 Å². The number of carbonyl (C=O) groups excluding carboxylic acids is 2. The van der Waals surface area contributed by atoms with E-state index in [2.05, 4.69) is 4.28 Å². The van der Waals surface area contributed by atoms with E-state index in [4.69, 9.17) is 5.73 Å². The summed E-state index contributed by atoms with van der Waals surface area (Å²) in [6, 6.07) is 5.99. The van der Waals surface area contributed by atoms with Crippen LogP contribution >= 0.6 is 0 Å². The molecule has 0 aliphatic carbocycles. The van der Waals surface area contributed by atoms with Crippen molar-refractivity contribution in [2.24, 2.45) is 5.73 Å². The minimum Gasteiger partial charge on any atom is -0.329 e. The summed E-state index contributed by atoms with van der Waals surface area (Å²) in [4.78, 5) is 23.5. The molecule has 1 aromatic rings. The predicted molar refractivity (Wildman–Crippen MR) is 60.9 cm³/mol. The standard InChI is InChI=1S/C10H10N2O5S/c11-5-6-18(15,16)17-12-9(13)7-3-1-2-4-8(7)10(12)14/h1-4H,5-6,11H2. The molecule has 0 bridgehead atoms. The van der Waals surface area contributed by atoms with Crippen LogP contribution < -0.4 is 5.73 Å².